The molecule has 1 amide bonds. The van der Waals surface area contributed by atoms with Gasteiger partial charge in [-0.15, -0.1) is 0 Å². The number of benzene rings is 3. The van der Waals surface area contributed by atoms with Gasteiger partial charge in [-0.3, -0.25) is 15.6 Å². The molecule has 2 N–H and O–H groups in total. The van der Waals surface area contributed by atoms with Crippen molar-refractivity contribution in [3.63, 3.8) is 0 Å². The van der Waals surface area contributed by atoms with Crippen LogP contribution in [0.5, 0.6) is 0 Å². The lowest BCUT2D eigenvalue weighted by Crippen LogP contribution is -2.29. The molecule has 0 fully saturated rings. The standard InChI is InChI=1S/C23H19FN4O/c1-16-6-5-7-17(14-16)22-21(23(29)26-25-19-8-3-2-4-9-19)15-28(27-22)20-12-10-18(24)11-13-20/h2-15,25H,1H3,(H,26,29). The number of amides is 1. The largest absolute Gasteiger partial charge is 0.298 e. The number of carbonyl (C=O) groups is 1. The maximum absolute atomic E-state index is 13.3. The number of halogens is 1. The topological polar surface area (TPSA) is 59.0 Å². The minimum absolute atomic E-state index is 0.321. The second-order valence-corrected chi connectivity index (χ2v) is 6.63. The highest BCUT2D eigenvalue weighted by molar-refractivity contribution is 6.00. The Morgan fingerprint density at radius 1 is 0.966 bits per heavy atom. The van der Waals surface area contributed by atoms with Crippen molar-refractivity contribution in [3.8, 4) is 16.9 Å². The van der Waals surface area contributed by atoms with Gasteiger partial charge in [0.05, 0.1) is 16.9 Å². The first-order valence-corrected chi connectivity index (χ1v) is 9.14. The Hall–Kier alpha value is -3.93. The Kier molecular flexibility index (Phi) is 5.07. The molecule has 0 aliphatic heterocycles. The average molecular weight is 386 g/mol. The number of anilines is 1. The quantitative estimate of drug-likeness (QED) is 0.487. The van der Waals surface area contributed by atoms with Gasteiger partial charge in [-0.25, -0.2) is 9.07 Å². The van der Waals surface area contributed by atoms with Gasteiger partial charge < -0.3 is 0 Å². The highest BCUT2D eigenvalue weighted by atomic mass is 19.1. The summed E-state index contributed by atoms with van der Waals surface area (Å²) in [6, 6.07) is 23.1. The normalized spacial score (nSPS) is 10.6. The molecule has 29 heavy (non-hydrogen) atoms. The van der Waals surface area contributed by atoms with E-state index in [2.05, 4.69) is 16.0 Å². The molecular formula is C23H19FN4O. The molecule has 0 bridgehead atoms. The van der Waals surface area contributed by atoms with Gasteiger partial charge in [-0.05, 0) is 49.4 Å². The molecule has 4 rings (SSSR count). The summed E-state index contributed by atoms with van der Waals surface area (Å²) >= 11 is 0. The third-order valence-corrected chi connectivity index (χ3v) is 4.44. The molecule has 0 unspecified atom stereocenters. The predicted molar refractivity (Wildman–Crippen MR) is 111 cm³/mol. The van der Waals surface area contributed by atoms with Crippen LogP contribution in [0.4, 0.5) is 10.1 Å². The average Bonchev–Trinajstić information content (AvgIpc) is 3.19. The Labute approximate surface area is 167 Å². The number of hydrogen-bond donors (Lipinski definition) is 2. The molecule has 0 aliphatic rings. The van der Waals surface area contributed by atoms with Gasteiger partial charge in [-0.2, -0.15) is 5.10 Å². The molecule has 0 atom stereocenters. The number of rotatable bonds is 5. The number of aryl methyl sites for hydroxylation is 1. The van der Waals surface area contributed by atoms with Crippen molar-refractivity contribution in [1.29, 1.82) is 0 Å². The van der Waals surface area contributed by atoms with Crippen LogP contribution in [-0.2, 0) is 0 Å². The SMILES string of the molecule is Cc1cccc(-c2nn(-c3ccc(F)cc3)cc2C(=O)NNc2ccccc2)c1. The Morgan fingerprint density at radius 2 is 1.72 bits per heavy atom. The molecule has 0 saturated heterocycles. The Balaban J connectivity index is 1.70. The Morgan fingerprint density at radius 3 is 2.45 bits per heavy atom. The molecule has 144 valence electrons. The maximum atomic E-state index is 13.3. The minimum atomic E-state index is -0.329. The fraction of sp³-hybridized carbons (Fsp3) is 0.0435. The van der Waals surface area contributed by atoms with Crippen molar-refractivity contribution >= 4 is 11.6 Å². The van der Waals surface area contributed by atoms with Crippen LogP contribution in [0.3, 0.4) is 0 Å². The lowest BCUT2D eigenvalue weighted by molar-refractivity contribution is 0.0963. The summed E-state index contributed by atoms with van der Waals surface area (Å²) < 4.78 is 14.9. The number of aromatic nitrogens is 2. The number of nitrogens with one attached hydrogen (secondary N) is 2. The zero-order chi connectivity index (χ0) is 20.2. The second kappa shape index (κ2) is 7.98. The predicted octanol–water partition coefficient (Wildman–Crippen LogP) is 4.74. The monoisotopic (exact) mass is 386 g/mol. The second-order valence-electron chi connectivity index (χ2n) is 6.63. The molecule has 4 aromatic rings. The molecular weight excluding hydrogens is 367 g/mol. The minimum Gasteiger partial charge on any atom is -0.298 e. The lowest BCUT2D eigenvalue weighted by atomic mass is 10.1. The van der Waals surface area contributed by atoms with E-state index in [9.17, 15) is 9.18 Å². The summed E-state index contributed by atoms with van der Waals surface area (Å²) in [5.74, 6) is -0.649. The molecule has 3 aromatic carbocycles. The van der Waals surface area contributed by atoms with Crippen molar-refractivity contribution in [2.75, 3.05) is 5.43 Å². The van der Waals surface area contributed by atoms with Crippen LogP contribution in [0.1, 0.15) is 15.9 Å². The van der Waals surface area contributed by atoms with Crippen LogP contribution in [0, 0.1) is 12.7 Å². The number of nitrogens with zero attached hydrogens (tertiary/aromatic N) is 2. The molecule has 1 heterocycles. The first kappa shape index (κ1) is 18.4. The fourth-order valence-electron chi connectivity index (χ4n) is 2.99. The van der Waals surface area contributed by atoms with Crippen LogP contribution >= 0.6 is 0 Å². The highest BCUT2D eigenvalue weighted by Crippen LogP contribution is 2.25. The molecule has 1 aromatic heterocycles. The van der Waals surface area contributed by atoms with E-state index in [4.69, 9.17) is 0 Å². The summed E-state index contributed by atoms with van der Waals surface area (Å²) in [5, 5.41) is 4.60. The van der Waals surface area contributed by atoms with Gasteiger partial charge in [0, 0.05) is 11.8 Å². The third kappa shape index (κ3) is 4.16. The van der Waals surface area contributed by atoms with Crippen molar-refractivity contribution in [2.24, 2.45) is 0 Å². The van der Waals surface area contributed by atoms with Crippen LogP contribution in [-0.4, -0.2) is 15.7 Å². The molecule has 6 heteroatoms. The summed E-state index contributed by atoms with van der Waals surface area (Å²) in [6.07, 6.45) is 1.65. The zero-order valence-electron chi connectivity index (χ0n) is 15.8. The fourth-order valence-corrected chi connectivity index (χ4v) is 2.99. The zero-order valence-corrected chi connectivity index (χ0v) is 15.8. The molecule has 0 saturated carbocycles. The van der Waals surface area contributed by atoms with Crippen molar-refractivity contribution < 1.29 is 9.18 Å². The lowest BCUT2D eigenvalue weighted by Gasteiger charge is -2.08. The molecule has 0 radical (unpaired) electrons. The number of hydrazine groups is 1. The summed E-state index contributed by atoms with van der Waals surface area (Å²) in [5.41, 5.74) is 9.89. The van der Waals surface area contributed by atoms with Crippen LogP contribution in [0.2, 0.25) is 0 Å². The van der Waals surface area contributed by atoms with Gasteiger partial charge >= 0.3 is 0 Å². The van der Waals surface area contributed by atoms with E-state index in [0.717, 1.165) is 16.8 Å². The van der Waals surface area contributed by atoms with E-state index in [1.54, 1.807) is 23.0 Å². The van der Waals surface area contributed by atoms with Crippen LogP contribution in [0.25, 0.3) is 16.9 Å². The molecule has 5 nitrogen and oxygen atoms in total. The van der Waals surface area contributed by atoms with E-state index in [1.807, 2.05) is 61.5 Å². The number of hydrogen-bond acceptors (Lipinski definition) is 3. The van der Waals surface area contributed by atoms with Crippen LogP contribution in [0.15, 0.2) is 85.1 Å². The maximum Gasteiger partial charge on any atom is 0.273 e. The number of carbonyl (C=O) groups excluding carboxylic acids is 1. The van der Waals surface area contributed by atoms with Gasteiger partial charge in [0.1, 0.15) is 11.5 Å². The van der Waals surface area contributed by atoms with E-state index in [0.29, 0.717) is 16.9 Å². The van der Waals surface area contributed by atoms with E-state index >= 15 is 0 Å². The van der Waals surface area contributed by atoms with Crippen molar-refractivity contribution in [3.05, 3.63) is 102 Å². The van der Waals surface area contributed by atoms with Crippen molar-refractivity contribution in [1.82, 2.24) is 15.2 Å². The molecule has 0 aliphatic carbocycles. The first-order chi connectivity index (χ1) is 14.1. The van der Waals surface area contributed by atoms with Crippen LogP contribution < -0.4 is 10.9 Å². The third-order valence-electron chi connectivity index (χ3n) is 4.44. The van der Waals surface area contributed by atoms with Gasteiger partial charge in [0.2, 0.25) is 0 Å². The van der Waals surface area contributed by atoms with E-state index < -0.39 is 0 Å². The van der Waals surface area contributed by atoms with E-state index in [-0.39, 0.29) is 11.7 Å². The first-order valence-electron chi connectivity index (χ1n) is 9.14. The van der Waals surface area contributed by atoms with Gasteiger partial charge in [-0.1, -0.05) is 42.0 Å². The highest BCUT2D eigenvalue weighted by Gasteiger charge is 2.19. The summed E-state index contributed by atoms with van der Waals surface area (Å²) in [4.78, 5) is 12.9. The van der Waals surface area contributed by atoms with Gasteiger partial charge in [0.15, 0.2) is 0 Å². The van der Waals surface area contributed by atoms with Gasteiger partial charge in [0.25, 0.3) is 5.91 Å². The van der Waals surface area contributed by atoms with Crippen molar-refractivity contribution in [2.45, 2.75) is 6.92 Å². The summed E-state index contributed by atoms with van der Waals surface area (Å²) in [6.45, 7) is 1.98. The summed E-state index contributed by atoms with van der Waals surface area (Å²) in [7, 11) is 0. The molecule has 0 spiro atoms. The smallest absolute Gasteiger partial charge is 0.273 e. The Bertz CT molecular complexity index is 1140. The number of para-hydroxylation sites is 1. The van der Waals surface area contributed by atoms with E-state index in [1.165, 1.54) is 12.1 Å².